The molecule has 0 saturated carbocycles. The van der Waals surface area contributed by atoms with Gasteiger partial charge in [-0.3, -0.25) is 4.98 Å². The first-order valence-corrected chi connectivity index (χ1v) is 11.0. The molecule has 3 aromatic heterocycles. The van der Waals surface area contributed by atoms with Gasteiger partial charge in [0.05, 0.1) is 21.5 Å². The van der Waals surface area contributed by atoms with Crippen LogP contribution in [-0.4, -0.2) is 20.7 Å². The van der Waals surface area contributed by atoms with E-state index in [0.717, 1.165) is 46.4 Å². The van der Waals surface area contributed by atoms with Crippen LogP contribution in [0.15, 0.2) is 53.6 Å². The second kappa shape index (κ2) is 8.36. The number of benzene rings is 1. The largest absolute Gasteiger partial charge is 0.433 e. The predicted octanol–water partition coefficient (Wildman–Crippen LogP) is 7.57. The van der Waals surface area contributed by atoms with Crippen molar-refractivity contribution in [3.05, 3.63) is 59.9 Å². The fourth-order valence-corrected chi connectivity index (χ4v) is 4.69. The van der Waals surface area contributed by atoms with Gasteiger partial charge in [0.25, 0.3) is 0 Å². The minimum absolute atomic E-state index is 0.154. The Morgan fingerprint density at radius 3 is 2.25 bits per heavy atom. The maximum Gasteiger partial charge on any atom is 0.433 e. The summed E-state index contributed by atoms with van der Waals surface area (Å²) in [4.78, 5) is 13.2. The van der Waals surface area contributed by atoms with Crippen molar-refractivity contribution in [1.29, 1.82) is 0 Å². The summed E-state index contributed by atoms with van der Waals surface area (Å²) < 4.78 is 78.0. The number of halogens is 6. The summed E-state index contributed by atoms with van der Waals surface area (Å²) >= 11 is 2.64. The summed E-state index contributed by atoms with van der Waals surface area (Å²) in [5, 5.41) is 0.408. The van der Waals surface area contributed by atoms with Crippen molar-refractivity contribution in [2.75, 3.05) is 5.75 Å². The van der Waals surface area contributed by atoms with Crippen molar-refractivity contribution in [3.8, 4) is 22.0 Å². The Labute approximate surface area is 186 Å². The van der Waals surface area contributed by atoms with Gasteiger partial charge in [0.2, 0.25) is 0 Å². The lowest BCUT2D eigenvalue weighted by Gasteiger charge is -2.10. The predicted molar refractivity (Wildman–Crippen MR) is 112 cm³/mol. The molecule has 166 valence electrons. The van der Waals surface area contributed by atoms with Gasteiger partial charge >= 0.3 is 12.4 Å². The van der Waals surface area contributed by atoms with Crippen LogP contribution in [0.1, 0.15) is 18.2 Å². The number of thioether (sulfide) groups is 1. The second-order valence-electron chi connectivity index (χ2n) is 6.61. The Morgan fingerprint density at radius 1 is 0.906 bits per heavy atom. The Bertz CT molecular complexity index is 1260. The first kappa shape index (κ1) is 22.5. The molecule has 3 heterocycles. The van der Waals surface area contributed by atoms with E-state index in [2.05, 4.69) is 15.0 Å². The van der Waals surface area contributed by atoms with Crippen molar-refractivity contribution in [2.45, 2.75) is 24.2 Å². The lowest BCUT2D eigenvalue weighted by Crippen LogP contribution is -2.07. The highest BCUT2D eigenvalue weighted by Gasteiger charge is 2.33. The lowest BCUT2D eigenvalue weighted by atomic mass is 10.1. The summed E-state index contributed by atoms with van der Waals surface area (Å²) in [7, 11) is 0. The summed E-state index contributed by atoms with van der Waals surface area (Å²) in [5.41, 5.74) is -0.266. The molecule has 11 heteroatoms. The Kier molecular flexibility index (Phi) is 5.89. The zero-order chi connectivity index (χ0) is 23.1. The zero-order valence-corrected chi connectivity index (χ0v) is 17.9. The molecule has 0 N–H and O–H groups in total. The molecule has 0 atom stereocenters. The molecule has 0 aliphatic carbocycles. The molecule has 0 fully saturated rings. The minimum Gasteiger partial charge on any atom is -0.250 e. The average molecular weight is 485 g/mol. The molecule has 0 unspecified atom stereocenters. The average Bonchev–Trinajstić information content (AvgIpc) is 3.16. The Hall–Kier alpha value is -2.66. The molecule has 4 aromatic rings. The zero-order valence-electron chi connectivity index (χ0n) is 16.3. The fraction of sp³-hybridized carbons (Fsp3) is 0.190. The summed E-state index contributed by atoms with van der Waals surface area (Å²) in [5.74, 6) is 0.721. The molecule has 0 radical (unpaired) electrons. The maximum absolute atomic E-state index is 13.0. The van der Waals surface area contributed by atoms with E-state index in [1.54, 1.807) is 12.1 Å². The van der Waals surface area contributed by atoms with Crippen LogP contribution < -0.4 is 0 Å². The van der Waals surface area contributed by atoms with E-state index in [1.807, 2.05) is 6.92 Å². The van der Waals surface area contributed by atoms with Crippen LogP contribution in [0.25, 0.3) is 32.2 Å². The number of hydrogen-bond acceptors (Lipinski definition) is 5. The number of fused-ring (bicyclic) bond motifs is 1. The van der Waals surface area contributed by atoms with Gasteiger partial charge in [0.15, 0.2) is 0 Å². The Morgan fingerprint density at radius 2 is 1.62 bits per heavy atom. The van der Waals surface area contributed by atoms with Crippen molar-refractivity contribution in [2.24, 2.45) is 0 Å². The van der Waals surface area contributed by atoms with Crippen LogP contribution in [0.3, 0.4) is 0 Å². The minimum atomic E-state index is -4.58. The van der Waals surface area contributed by atoms with E-state index in [1.165, 1.54) is 23.9 Å². The smallest absolute Gasteiger partial charge is 0.250 e. The van der Waals surface area contributed by atoms with Crippen molar-refractivity contribution in [1.82, 2.24) is 15.0 Å². The third-order valence-corrected chi connectivity index (χ3v) is 6.38. The summed E-state index contributed by atoms with van der Waals surface area (Å²) in [6.07, 6.45) is -7.89. The molecular formula is C21H13F6N3S2. The highest BCUT2D eigenvalue weighted by atomic mass is 32.2. The first-order chi connectivity index (χ1) is 15.1. The quantitative estimate of drug-likeness (QED) is 0.221. The van der Waals surface area contributed by atoms with E-state index >= 15 is 0 Å². The number of aromatic nitrogens is 3. The highest BCUT2D eigenvalue weighted by molar-refractivity contribution is 7.99. The first-order valence-electron chi connectivity index (χ1n) is 9.22. The summed E-state index contributed by atoms with van der Waals surface area (Å²) in [6, 6.07) is 9.00. The van der Waals surface area contributed by atoms with Crippen LogP contribution >= 0.6 is 23.1 Å². The second-order valence-corrected chi connectivity index (χ2v) is 8.94. The molecule has 0 amide bonds. The molecule has 0 saturated heterocycles. The van der Waals surface area contributed by atoms with Gasteiger partial charge in [-0.15, -0.1) is 23.1 Å². The fourth-order valence-electron chi connectivity index (χ4n) is 2.95. The number of thiazole rings is 1. The van der Waals surface area contributed by atoms with Crippen molar-refractivity contribution < 1.29 is 26.3 Å². The van der Waals surface area contributed by atoms with E-state index in [-0.39, 0.29) is 5.52 Å². The van der Waals surface area contributed by atoms with Gasteiger partial charge in [0, 0.05) is 16.7 Å². The Balaban J connectivity index is 1.79. The van der Waals surface area contributed by atoms with Crippen molar-refractivity contribution >= 4 is 33.3 Å². The highest BCUT2D eigenvalue weighted by Crippen LogP contribution is 2.38. The van der Waals surface area contributed by atoms with Gasteiger partial charge < -0.3 is 0 Å². The number of pyridine rings is 2. The van der Waals surface area contributed by atoms with E-state index in [0.29, 0.717) is 26.7 Å². The molecule has 0 bridgehead atoms. The topological polar surface area (TPSA) is 38.7 Å². The van der Waals surface area contributed by atoms with Gasteiger partial charge in [-0.2, -0.15) is 26.3 Å². The normalized spacial score (nSPS) is 12.5. The molecule has 0 spiro atoms. The third kappa shape index (κ3) is 4.58. The van der Waals surface area contributed by atoms with E-state index < -0.39 is 23.6 Å². The number of alkyl halides is 6. The van der Waals surface area contributed by atoms with Crippen LogP contribution in [-0.2, 0) is 12.4 Å². The molecular weight excluding hydrogens is 472 g/mol. The molecule has 0 aliphatic rings. The van der Waals surface area contributed by atoms with Crippen LogP contribution in [0.2, 0.25) is 0 Å². The SMILES string of the molecule is CCSc1ccc(-c2ccc(C(F)(F)F)cc2)nc1-c1nc2cc(C(F)(F)F)ncc2s1. The van der Waals surface area contributed by atoms with Crippen molar-refractivity contribution in [3.63, 3.8) is 0 Å². The van der Waals surface area contributed by atoms with Gasteiger partial charge in [-0.25, -0.2) is 9.97 Å². The van der Waals surface area contributed by atoms with Crippen LogP contribution in [0.4, 0.5) is 26.3 Å². The molecule has 1 aromatic carbocycles. The molecule has 3 nitrogen and oxygen atoms in total. The number of nitrogens with zero attached hydrogens (tertiary/aromatic N) is 3. The van der Waals surface area contributed by atoms with Crippen LogP contribution in [0.5, 0.6) is 0 Å². The van der Waals surface area contributed by atoms with Gasteiger partial charge in [0.1, 0.15) is 16.4 Å². The maximum atomic E-state index is 13.0. The molecule has 0 aliphatic heterocycles. The van der Waals surface area contributed by atoms with E-state index in [4.69, 9.17) is 0 Å². The summed E-state index contributed by atoms with van der Waals surface area (Å²) in [6.45, 7) is 1.94. The van der Waals surface area contributed by atoms with Gasteiger partial charge in [-0.1, -0.05) is 19.1 Å². The lowest BCUT2D eigenvalue weighted by molar-refractivity contribution is -0.141. The molecule has 4 rings (SSSR count). The van der Waals surface area contributed by atoms with Crippen LogP contribution in [0, 0.1) is 0 Å². The number of rotatable bonds is 4. The number of hydrogen-bond donors (Lipinski definition) is 0. The standard InChI is InChI=1S/C21H13F6N3S2/c1-2-31-15-8-7-13(11-3-5-12(6-4-11)20(22,23)24)29-18(15)19-30-14-9-17(21(25,26)27)28-10-16(14)32-19/h3-10H,2H2,1H3. The monoisotopic (exact) mass is 485 g/mol. The molecule has 32 heavy (non-hydrogen) atoms. The van der Waals surface area contributed by atoms with E-state index in [9.17, 15) is 26.3 Å². The third-order valence-electron chi connectivity index (χ3n) is 4.43. The van der Waals surface area contributed by atoms with Gasteiger partial charge in [-0.05, 0) is 36.1 Å².